The summed E-state index contributed by atoms with van der Waals surface area (Å²) in [5.41, 5.74) is 2.22. The van der Waals surface area contributed by atoms with Gasteiger partial charge in [0.2, 0.25) is 0 Å². The van der Waals surface area contributed by atoms with Crippen LogP contribution in [0.25, 0.3) is 6.08 Å². The zero-order valence-electron chi connectivity index (χ0n) is 10.6. The van der Waals surface area contributed by atoms with Gasteiger partial charge in [-0.2, -0.15) is 0 Å². The summed E-state index contributed by atoms with van der Waals surface area (Å²) in [5, 5.41) is 0. The monoisotopic (exact) mass is 230 g/mol. The van der Waals surface area contributed by atoms with Crippen LogP contribution in [0.4, 0.5) is 0 Å². The maximum atomic E-state index is 10.9. The molecule has 0 aliphatic carbocycles. The van der Waals surface area contributed by atoms with Crippen molar-refractivity contribution < 1.29 is 9.53 Å². The summed E-state index contributed by atoms with van der Waals surface area (Å²) in [4.78, 5) is 10.9. The Morgan fingerprint density at radius 3 is 2.88 bits per heavy atom. The fraction of sp³-hybridized carbons (Fsp3) is 0.400. The lowest BCUT2D eigenvalue weighted by Crippen LogP contribution is -2.32. The number of ether oxygens (including phenoxy) is 1. The van der Waals surface area contributed by atoms with Crippen LogP contribution in [0.2, 0.25) is 0 Å². The van der Waals surface area contributed by atoms with E-state index in [-0.39, 0.29) is 11.4 Å². The van der Waals surface area contributed by atoms with Gasteiger partial charge in [-0.15, -0.1) is 0 Å². The van der Waals surface area contributed by atoms with E-state index in [1.807, 2.05) is 18.2 Å². The Balaban J connectivity index is 2.24. The number of benzene rings is 1. The van der Waals surface area contributed by atoms with Crippen LogP contribution in [0.15, 0.2) is 24.3 Å². The highest BCUT2D eigenvalue weighted by Gasteiger charge is 2.26. The van der Waals surface area contributed by atoms with Crippen LogP contribution < -0.4 is 4.74 Å². The molecule has 1 aromatic rings. The van der Waals surface area contributed by atoms with Crippen molar-refractivity contribution in [2.45, 2.75) is 39.2 Å². The molecule has 0 saturated carbocycles. The van der Waals surface area contributed by atoms with Gasteiger partial charge >= 0.3 is 0 Å². The van der Waals surface area contributed by atoms with Gasteiger partial charge in [-0.25, -0.2) is 0 Å². The lowest BCUT2D eigenvalue weighted by Gasteiger charge is -2.32. The Labute approximate surface area is 102 Å². The van der Waals surface area contributed by atoms with E-state index in [1.54, 1.807) is 13.0 Å². The van der Waals surface area contributed by atoms with E-state index >= 15 is 0 Å². The molecule has 1 aromatic carbocycles. The smallest absolute Gasteiger partial charge is 0.152 e. The van der Waals surface area contributed by atoms with E-state index in [4.69, 9.17) is 4.74 Å². The molecule has 0 amide bonds. The molecule has 0 bridgehead atoms. The average molecular weight is 230 g/mol. The maximum absolute atomic E-state index is 10.9. The third-order valence-corrected chi connectivity index (χ3v) is 2.98. The van der Waals surface area contributed by atoms with Gasteiger partial charge in [0.1, 0.15) is 11.4 Å². The molecule has 17 heavy (non-hydrogen) atoms. The Kier molecular flexibility index (Phi) is 3.05. The van der Waals surface area contributed by atoms with E-state index in [9.17, 15) is 4.79 Å². The van der Waals surface area contributed by atoms with Crippen molar-refractivity contribution >= 4 is 11.9 Å². The topological polar surface area (TPSA) is 26.3 Å². The van der Waals surface area contributed by atoms with E-state index in [1.165, 1.54) is 5.56 Å². The largest absolute Gasteiger partial charge is 0.488 e. The summed E-state index contributed by atoms with van der Waals surface area (Å²) in [6, 6.07) is 6.08. The Hall–Kier alpha value is -1.57. The van der Waals surface area contributed by atoms with Crippen LogP contribution in [0, 0.1) is 0 Å². The molecule has 2 nitrogen and oxygen atoms in total. The zero-order valence-corrected chi connectivity index (χ0v) is 10.6. The van der Waals surface area contributed by atoms with Crippen LogP contribution in [-0.4, -0.2) is 11.4 Å². The quantitative estimate of drug-likeness (QED) is 0.728. The molecule has 0 radical (unpaired) electrons. The highest BCUT2D eigenvalue weighted by Crippen LogP contribution is 2.33. The highest BCUT2D eigenvalue weighted by atomic mass is 16.5. The molecule has 0 aromatic heterocycles. The SMILES string of the molecule is CC(=O)/C=C/c1ccc2c(c1)CCC(C)(C)O2. The van der Waals surface area contributed by atoms with Crippen molar-refractivity contribution in [3.63, 3.8) is 0 Å². The normalized spacial score (nSPS) is 17.6. The van der Waals surface area contributed by atoms with Gasteiger partial charge in [-0.3, -0.25) is 4.79 Å². The summed E-state index contributed by atoms with van der Waals surface area (Å²) in [5.74, 6) is 1.04. The first kappa shape index (κ1) is 11.9. The second-order valence-electron chi connectivity index (χ2n) is 5.17. The van der Waals surface area contributed by atoms with E-state index in [0.29, 0.717) is 0 Å². The fourth-order valence-electron chi connectivity index (χ4n) is 2.00. The van der Waals surface area contributed by atoms with Crippen molar-refractivity contribution in [3.8, 4) is 5.75 Å². The number of hydrogen-bond donors (Lipinski definition) is 0. The van der Waals surface area contributed by atoms with Crippen molar-refractivity contribution in [1.29, 1.82) is 0 Å². The number of fused-ring (bicyclic) bond motifs is 1. The molecule has 90 valence electrons. The number of carbonyl (C=O) groups excluding carboxylic acids is 1. The number of carbonyl (C=O) groups is 1. The van der Waals surface area contributed by atoms with Gasteiger partial charge in [0.05, 0.1) is 0 Å². The summed E-state index contributed by atoms with van der Waals surface area (Å²) in [6.45, 7) is 5.78. The van der Waals surface area contributed by atoms with Gasteiger partial charge in [0.15, 0.2) is 5.78 Å². The van der Waals surface area contributed by atoms with Crippen LogP contribution in [0.5, 0.6) is 5.75 Å². The second kappa shape index (κ2) is 4.36. The molecule has 0 saturated heterocycles. The molecule has 1 aliphatic heterocycles. The molecule has 2 rings (SSSR count). The van der Waals surface area contributed by atoms with Crippen LogP contribution in [0.1, 0.15) is 38.3 Å². The van der Waals surface area contributed by atoms with E-state index < -0.39 is 0 Å². The predicted molar refractivity (Wildman–Crippen MR) is 69.2 cm³/mol. The maximum Gasteiger partial charge on any atom is 0.152 e. The van der Waals surface area contributed by atoms with Gasteiger partial charge < -0.3 is 4.74 Å². The first-order chi connectivity index (χ1) is 7.96. The fourth-order valence-corrected chi connectivity index (χ4v) is 2.00. The summed E-state index contributed by atoms with van der Waals surface area (Å²) in [7, 11) is 0. The van der Waals surface area contributed by atoms with Crippen LogP contribution in [-0.2, 0) is 11.2 Å². The lowest BCUT2D eigenvalue weighted by atomic mass is 9.93. The van der Waals surface area contributed by atoms with Gasteiger partial charge in [0, 0.05) is 0 Å². The second-order valence-corrected chi connectivity index (χ2v) is 5.17. The van der Waals surface area contributed by atoms with E-state index in [2.05, 4.69) is 19.9 Å². The highest BCUT2D eigenvalue weighted by molar-refractivity contribution is 5.91. The molecule has 1 aliphatic rings. The number of aryl methyl sites for hydroxylation is 1. The Morgan fingerprint density at radius 1 is 1.41 bits per heavy atom. The molecule has 0 atom stereocenters. The number of hydrogen-bond acceptors (Lipinski definition) is 2. The summed E-state index contributed by atoms with van der Waals surface area (Å²) < 4.78 is 5.91. The van der Waals surface area contributed by atoms with Gasteiger partial charge in [-0.05, 0) is 62.9 Å². The zero-order chi connectivity index (χ0) is 12.5. The number of allylic oxidation sites excluding steroid dienone is 1. The number of ketones is 1. The molecular weight excluding hydrogens is 212 g/mol. The standard InChI is InChI=1S/C15H18O2/c1-11(16)4-5-12-6-7-14-13(10-12)8-9-15(2,3)17-14/h4-7,10H,8-9H2,1-3H3/b5-4+. The minimum absolute atomic E-state index is 0.0657. The van der Waals surface area contributed by atoms with Crippen molar-refractivity contribution in [2.75, 3.05) is 0 Å². The third kappa shape index (κ3) is 2.96. The average Bonchev–Trinajstić information content (AvgIpc) is 2.25. The minimum atomic E-state index is -0.0657. The first-order valence-corrected chi connectivity index (χ1v) is 5.97. The molecule has 0 fully saturated rings. The van der Waals surface area contributed by atoms with Crippen LogP contribution >= 0.6 is 0 Å². The Bertz CT molecular complexity index is 470. The van der Waals surface area contributed by atoms with Crippen LogP contribution in [0.3, 0.4) is 0 Å². The lowest BCUT2D eigenvalue weighted by molar-refractivity contribution is -0.112. The number of rotatable bonds is 2. The molecule has 1 heterocycles. The summed E-state index contributed by atoms with van der Waals surface area (Å²) in [6.07, 6.45) is 5.50. The molecular formula is C15H18O2. The van der Waals surface area contributed by atoms with Crippen molar-refractivity contribution in [3.05, 3.63) is 35.4 Å². The molecule has 0 spiro atoms. The third-order valence-electron chi connectivity index (χ3n) is 2.98. The predicted octanol–water partition coefficient (Wildman–Crippen LogP) is 3.39. The molecule has 0 N–H and O–H groups in total. The summed E-state index contributed by atoms with van der Waals surface area (Å²) >= 11 is 0. The van der Waals surface area contributed by atoms with Gasteiger partial charge in [0.25, 0.3) is 0 Å². The first-order valence-electron chi connectivity index (χ1n) is 5.97. The van der Waals surface area contributed by atoms with Crippen molar-refractivity contribution in [2.24, 2.45) is 0 Å². The minimum Gasteiger partial charge on any atom is -0.488 e. The Morgan fingerprint density at radius 2 is 2.18 bits per heavy atom. The van der Waals surface area contributed by atoms with E-state index in [0.717, 1.165) is 24.2 Å². The molecule has 2 heteroatoms. The van der Waals surface area contributed by atoms with Gasteiger partial charge in [-0.1, -0.05) is 12.1 Å². The van der Waals surface area contributed by atoms with Crippen molar-refractivity contribution in [1.82, 2.24) is 0 Å². The molecule has 0 unspecified atom stereocenters.